The van der Waals surface area contributed by atoms with Crippen molar-refractivity contribution in [1.82, 2.24) is 0 Å². The third kappa shape index (κ3) is 5.17. The van der Waals surface area contributed by atoms with Gasteiger partial charge >= 0.3 is 10.8 Å². The van der Waals surface area contributed by atoms with Gasteiger partial charge in [0.1, 0.15) is 0 Å². The van der Waals surface area contributed by atoms with Crippen LogP contribution >= 0.6 is 15.9 Å². The molecular weight excluding hydrogens is 241 g/mol. The van der Waals surface area contributed by atoms with Gasteiger partial charge in [-0.05, 0) is 22.9 Å². The number of ether oxygens (including phenoxy) is 1. The summed E-state index contributed by atoms with van der Waals surface area (Å²) in [6, 6.07) is 0. The van der Waals surface area contributed by atoms with E-state index in [0.29, 0.717) is 0 Å². The second-order valence-corrected chi connectivity index (χ2v) is 2.81. The predicted octanol–water partition coefficient (Wildman–Crippen LogP) is 2.39. The third-order valence-corrected chi connectivity index (χ3v) is 0.990. The van der Waals surface area contributed by atoms with E-state index in [2.05, 4.69) is 4.74 Å². The average Bonchev–Trinajstić information content (AvgIpc) is 1.84. The van der Waals surface area contributed by atoms with Crippen LogP contribution in [0.3, 0.4) is 0 Å². The molecule has 0 aromatic carbocycles. The highest BCUT2D eigenvalue weighted by atomic mass is 79.9. The molecule has 0 N–H and O–H groups in total. The molecule has 0 aromatic heterocycles. The van der Waals surface area contributed by atoms with Crippen LogP contribution in [0.4, 0.5) is 13.2 Å². The predicted molar refractivity (Wildman–Crippen MR) is 39.7 cm³/mol. The molecule has 70 valence electrons. The summed E-state index contributed by atoms with van der Waals surface area (Å²) < 4.78 is 40.4. The molecular formula is C6H6BrF3O2. The SMILES string of the molecule is CCOC(=O)/C(F)=C/C(F)(F)Br. The lowest BCUT2D eigenvalue weighted by Crippen LogP contribution is -2.08. The Bertz CT molecular complexity index is 197. The van der Waals surface area contributed by atoms with Crippen molar-refractivity contribution in [3.63, 3.8) is 0 Å². The highest BCUT2D eigenvalue weighted by Gasteiger charge is 2.24. The summed E-state index contributed by atoms with van der Waals surface area (Å²) in [6.07, 6.45) is -0.162. The number of rotatable bonds is 3. The van der Waals surface area contributed by atoms with E-state index in [0.717, 1.165) is 0 Å². The van der Waals surface area contributed by atoms with Gasteiger partial charge in [-0.1, -0.05) is 0 Å². The molecule has 0 aliphatic carbocycles. The number of esters is 1. The van der Waals surface area contributed by atoms with E-state index in [4.69, 9.17) is 0 Å². The van der Waals surface area contributed by atoms with Crippen molar-refractivity contribution in [3.05, 3.63) is 11.9 Å². The Labute approximate surface area is 75.5 Å². The van der Waals surface area contributed by atoms with Gasteiger partial charge < -0.3 is 4.74 Å². The maximum absolute atomic E-state index is 12.4. The molecule has 0 saturated heterocycles. The van der Waals surface area contributed by atoms with Crippen LogP contribution < -0.4 is 0 Å². The highest BCUT2D eigenvalue weighted by Crippen LogP contribution is 2.25. The van der Waals surface area contributed by atoms with Crippen molar-refractivity contribution in [3.8, 4) is 0 Å². The largest absolute Gasteiger partial charge is 0.461 e. The summed E-state index contributed by atoms with van der Waals surface area (Å²) in [6.45, 7) is 1.38. The monoisotopic (exact) mass is 246 g/mol. The first kappa shape index (κ1) is 11.5. The first-order valence-corrected chi connectivity index (χ1v) is 3.78. The lowest BCUT2D eigenvalue weighted by atomic mass is 10.5. The fourth-order valence-electron chi connectivity index (χ4n) is 0.403. The standard InChI is InChI=1S/C6H6BrF3O2/c1-2-12-5(11)4(8)3-6(7,9)10/h3H,2H2,1H3/b4-3-. The normalized spacial score (nSPS) is 12.9. The van der Waals surface area contributed by atoms with Gasteiger partial charge in [-0.2, -0.15) is 13.2 Å². The summed E-state index contributed by atoms with van der Waals surface area (Å²) in [5.74, 6) is -3.00. The minimum Gasteiger partial charge on any atom is -0.461 e. The molecule has 0 amide bonds. The Kier molecular flexibility index (Phi) is 4.30. The molecule has 0 aliphatic rings. The minimum atomic E-state index is -3.52. The van der Waals surface area contributed by atoms with Crippen molar-refractivity contribution in [2.75, 3.05) is 6.61 Å². The van der Waals surface area contributed by atoms with Gasteiger partial charge in [-0.25, -0.2) is 4.79 Å². The number of carbonyl (C=O) groups is 1. The third-order valence-electron chi connectivity index (χ3n) is 0.761. The number of carbonyl (C=O) groups excluding carboxylic acids is 1. The van der Waals surface area contributed by atoms with Crippen LogP contribution in [0.25, 0.3) is 0 Å². The molecule has 0 atom stereocenters. The zero-order valence-corrected chi connectivity index (χ0v) is 7.70. The van der Waals surface area contributed by atoms with Crippen LogP contribution in [-0.4, -0.2) is 17.4 Å². The van der Waals surface area contributed by atoms with Gasteiger partial charge in [-0.15, -0.1) is 0 Å². The number of allylic oxidation sites excluding steroid dienone is 1. The fourth-order valence-corrected chi connectivity index (χ4v) is 0.604. The maximum atomic E-state index is 12.4. The molecule has 6 heteroatoms. The Balaban J connectivity index is 4.28. The number of alkyl halides is 3. The molecule has 0 heterocycles. The molecule has 12 heavy (non-hydrogen) atoms. The molecule has 0 saturated carbocycles. The first-order valence-electron chi connectivity index (χ1n) is 2.99. The van der Waals surface area contributed by atoms with Gasteiger partial charge in [0.15, 0.2) is 0 Å². The minimum absolute atomic E-state index is 0.0616. The van der Waals surface area contributed by atoms with Crippen molar-refractivity contribution in [1.29, 1.82) is 0 Å². The van der Waals surface area contributed by atoms with Crippen molar-refractivity contribution < 1.29 is 22.7 Å². The molecule has 0 radical (unpaired) electrons. The zero-order valence-electron chi connectivity index (χ0n) is 6.11. The fraction of sp³-hybridized carbons (Fsp3) is 0.500. The number of hydrogen-bond acceptors (Lipinski definition) is 2. The van der Waals surface area contributed by atoms with Crippen LogP contribution in [-0.2, 0) is 9.53 Å². The Morgan fingerprint density at radius 2 is 2.17 bits per heavy atom. The Hall–Kier alpha value is -0.520. The smallest absolute Gasteiger partial charge is 0.367 e. The quantitative estimate of drug-likeness (QED) is 0.434. The van der Waals surface area contributed by atoms with E-state index in [9.17, 15) is 18.0 Å². The van der Waals surface area contributed by atoms with Gasteiger partial charge in [0.05, 0.1) is 6.61 Å². The van der Waals surface area contributed by atoms with Gasteiger partial charge in [0, 0.05) is 6.08 Å². The van der Waals surface area contributed by atoms with E-state index in [-0.39, 0.29) is 12.7 Å². The second-order valence-electron chi connectivity index (χ2n) is 1.75. The Morgan fingerprint density at radius 1 is 1.67 bits per heavy atom. The van der Waals surface area contributed by atoms with Crippen molar-refractivity contribution in [2.45, 2.75) is 11.8 Å². The molecule has 0 bridgehead atoms. The topological polar surface area (TPSA) is 26.3 Å². The van der Waals surface area contributed by atoms with E-state index < -0.39 is 16.6 Å². The lowest BCUT2D eigenvalue weighted by Gasteiger charge is -2.01. The maximum Gasteiger partial charge on any atom is 0.367 e. The summed E-state index contributed by atoms with van der Waals surface area (Å²) in [7, 11) is 0. The van der Waals surface area contributed by atoms with E-state index in [1.165, 1.54) is 6.92 Å². The van der Waals surface area contributed by atoms with Crippen LogP contribution in [0.1, 0.15) is 6.92 Å². The average molecular weight is 247 g/mol. The summed E-state index contributed by atoms with van der Waals surface area (Å²) in [5.41, 5.74) is 0. The summed E-state index contributed by atoms with van der Waals surface area (Å²) in [5, 5.41) is 0. The van der Waals surface area contributed by atoms with Crippen molar-refractivity contribution in [2.24, 2.45) is 0 Å². The zero-order chi connectivity index (χ0) is 9.78. The highest BCUT2D eigenvalue weighted by molar-refractivity contribution is 9.10. The lowest BCUT2D eigenvalue weighted by molar-refractivity contribution is -0.140. The van der Waals surface area contributed by atoms with Gasteiger partial charge in [0.2, 0.25) is 5.83 Å². The molecule has 0 fully saturated rings. The molecule has 0 aliphatic heterocycles. The summed E-state index contributed by atoms with van der Waals surface area (Å²) >= 11 is 1.84. The molecule has 2 nitrogen and oxygen atoms in total. The van der Waals surface area contributed by atoms with Crippen LogP contribution in [0.5, 0.6) is 0 Å². The van der Waals surface area contributed by atoms with Gasteiger partial charge in [0.25, 0.3) is 0 Å². The number of hydrogen-bond donors (Lipinski definition) is 0. The van der Waals surface area contributed by atoms with Crippen molar-refractivity contribution >= 4 is 21.9 Å². The molecule has 0 unspecified atom stereocenters. The first-order chi connectivity index (χ1) is 5.37. The van der Waals surface area contributed by atoms with Crippen LogP contribution in [0.2, 0.25) is 0 Å². The molecule has 0 aromatic rings. The van der Waals surface area contributed by atoms with Crippen LogP contribution in [0, 0.1) is 0 Å². The number of halogens is 4. The van der Waals surface area contributed by atoms with Crippen LogP contribution in [0.15, 0.2) is 11.9 Å². The molecule has 0 spiro atoms. The second kappa shape index (κ2) is 4.49. The molecule has 0 rings (SSSR count). The van der Waals surface area contributed by atoms with Gasteiger partial charge in [-0.3, -0.25) is 0 Å². The summed E-state index contributed by atoms with van der Waals surface area (Å²) in [4.78, 5) is 6.88. The Morgan fingerprint density at radius 3 is 2.50 bits per heavy atom. The van der Waals surface area contributed by atoms with E-state index in [1.807, 2.05) is 15.9 Å². The van der Waals surface area contributed by atoms with E-state index >= 15 is 0 Å². The van der Waals surface area contributed by atoms with E-state index in [1.54, 1.807) is 0 Å².